The van der Waals surface area contributed by atoms with Crippen LogP contribution in [0, 0.1) is 12.8 Å². The number of aryl methyl sites for hydroxylation is 2. The van der Waals surface area contributed by atoms with Crippen molar-refractivity contribution in [3.63, 3.8) is 0 Å². The van der Waals surface area contributed by atoms with Crippen LogP contribution in [0.25, 0.3) is 0 Å². The van der Waals surface area contributed by atoms with Gasteiger partial charge in [0.15, 0.2) is 5.96 Å². The van der Waals surface area contributed by atoms with E-state index in [0.29, 0.717) is 11.9 Å². The van der Waals surface area contributed by atoms with Crippen LogP contribution >= 0.6 is 11.3 Å². The number of guanidine groups is 1. The van der Waals surface area contributed by atoms with E-state index in [1.807, 2.05) is 6.92 Å². The molecule has 1 aliphatic heterocycles. The van der Waals surface area contributed by atoms with Gasteiger partial charge in [0.25, 0.3) is 0 Å². The third-order valence-electron chi connectivity index (χ3n) is 5.87. The zero-order valence-corrected chi connectivity index (χ0v) is 18.9. The zero-order chi connectivity index (χ0) is 20.5. The molecule has 29 heavy (non-hydrogen) atoms. The number of carbonyl (C=O) groups is 1. The number of unbranched alkanes of at least 4 members (excludes halogenated alkanes) is 1. The van der Waals surface area contributed by atoms with Crippen LogP contribution in [-0.4, -0.2) is 54.0 Å². The quantitative estimate of drug-likeness (QED) is 0.384. The van der Waals surface area contributed by atoms with E-state index in [2.05, 4.69) is 32.8 Å². The summed E-state index contributed by atoms with van der Waals surface area (Å²) in [5.74, 6) is 1.54. The van der Waals surface area contributed by atoms with Crippen molar-refractivity contribution in [2.24, 2.45) is 10.9 Å². The molecule has 6 nitrogen and oxygen atoms in total. The number of nitrogens with one attached hydrogen (secondary N) is 2. The molecular formula is C22H37N5OS. The summed E-state index contributed by atoms with van der Waals surface area (Å²) in [4.78, 5) is 24.1. The van der Waals surface area contributed by atoms with Crippen LogP contribution < -0.4 is 10.6 Å². The van der Waals surface area contributed by atoms with E-state index in [1.165, 1.54) is 24.3 Å². The van der Waals surface area contributed by atoms with Crippen molar-refractivity contribution in [3.05, 3.63) is 16.1 Å². The van der Waals surface area contributed by atoms with Gasteiger partial charge in [-0.15, -0.1) is 11.3 Å². The van der Waals surface area contributed by atoms with E-state index in [9.17, 15) is 4.79 Å². The molecule has 0 spiro atoms. The lowest BCUT2D eigenvalue weighted by Gasteiger charge is -2.26. The van der Waals surface area contributed by atoms with Gasteiger partial charge < -0.3 is 15.5 Å². The Hall–Kier alpha value is -1.63. The molecule has 162 valence electrons. The highest BCUT2D eigenvalue weighted by molar-refractivity contribution is 7.09. The average Bonchev–Trinajstić information content (AvgIpc) is 3.37. The number of hydrogen-bond acceptors (Lipinski definition) is 4. The predicted molar refractivity (Wildman–Crippen MR) is 120 cm³/mol. The van der Waals surface area contributed by atoms with Gasteiger partial charge in [0.2, 0.25) is 5.91 Å². The van der Waals surface area contributed by atoms with Crippen molar-refractivity contribution in [1.82, 2.24) is 20.5 Å². The summed E-state index contributed by atoms with van der Waals surface area (Å²) >= 11 is 1.75. The van der Waals surface area contributed by atoms with Crippen molar-refractivity contribution in [1.29, 1.82) is 0 Å². The number of amides is 1. The van der Waals surface area contributed by atoms with Gasteiger partial charge in [-0.25, -0.2) is 4.98 Å². The van der Waals surface area contributed by atoms with Crippen LogP contribution in [0.2, 0.25) is 0 Å². The lowest BCUT2D eigenvalue weighted by atomic mass is 9.88. The van der Waals surface area contributed by atoms with E-state index in [0.717, 1.165) is 76.4 Å². The number of likely N-dealkylation sites (tertiary alicyclic amines) is 1. The smallest absolute Gasteiger partial charge is 0.225 e. The predicted octanol–water partition coefficient (Wildman–Crippen LogP) is 3.51. The fourth-order valence-electron chi connectivity index (χ4n) is 4.30. The van der Waals surface area contributed by atoms with Crippen LogP contribution in [0.1, 0.15) is 69.0 Å². The van der Waals surface area contributed by atoms with Gasteiger partial charge in [-0.1, -0.05) is 19.3 Å². The van der Waals surface area contributed by atoms with Gasteiger partial charge in [-0.05, 0) is 52.4 Å². The minimum absolute atomic E-state index is 0.269. The molecule has 7 heteroatoms. The molecule has 1 amide bonds. The lowest BCUT2D eigenvalue weighted by Crippen LogP contribution is -2.45. The highest BCUT2D eigenvalue weighted by Gasteiger charge is 2.31. The average molecular weight is 420 g/mol. The Labute approximate surface area is 179 Å². The summed E-state index contributed by atoms with van der Waals surface area (Å²) in [6.07, 6.45) is 10.1. The van der Waals surface area contributed by atoms with Gasteiger partial charge >= 0.3 is 0 Å². The first-order chi connectivity index (χ1) is 14.2. The third kappa shape index (κ3) is 6.98. The number of carbonyl (C=O) groups excluding carboxylic acids is 1. The van der Waals surface area contributed by atoms with Crippen molar-refractivity contribution < 1.29 is 4.79 Å². The number of nitrogens with zero attached hydrogens (tertiary/aromatic N) is 3. The topological polar surface area (TPSA) is 69.6 Å². The summed E-state index contributed by atoms with van der Waals surface area (Å²) in [6, 6.07) is 0.304. The standard InChI is InChI=1S/C22H37N5OS/c1-3-23-22(24-13-8-7-11-20-25-17(2)16-29-20)26-19-12-14-27(15-19)21(28)18-9-5-4-6-10-18/h16,18-19H,3-15H2,1-2H3,(H2,23,24,26). The summed E-state index contributed by atoms with van der Waals surface area (Å²) in [6.45, 7) is 7.49. The van der Waals surface area contributed by atoms with Crippen LogP contribution in [0.4, 0.5) is 0 Å². The minimum atomic E-state index is 0.269. The molecule has 1 saturated carbocycles. The summed E-state index contributed by atoms with van der Waals surface area (Å²) in [7, 11) is 0. The molecule has 2 aliphatic rings. The fourth-order valence-corrected chi connectivity index (χ4v) is 5.11. The highest BCUT2D eigenvalue weighted by atomic mass is 32.1. The number of hydrogen-bond donors (Lipinski definition) is 2. The summed E-state index contributed by atoms with van der Waals surface area (Å²) in [5, 5.41) is 10.2. The number of thiazole rings is 1. The molecule has 2 N–H and O–H groups in total. The molecule has 3 rings (SSSR count). The molecule has 0 aromatic carbocycles. The second kappa shape index (κ2) is 11.5. The van der Waals surface area contributed by atoms with Crippen LogP contribution in [-0.2, 0) is 11.2 Å². The molecule has 2 heterocycles. The van der Waals surface area contributed by atoms with Gasteiger partial charge in [-0.2, -0.15) is 0 Å². The van der Waals surface area contributed by atoms with E-state index < -0.39 is 0 Å². The molecule has 1 saturated heterocycles. The first-order valence-corrected chi connectivity index (χ1v) is 12.3. The van der Waals surface area contributed by atoms with Crippen LogP contribution in [0.5, 0.6) is 0 Å². The van der Waals surface area contributed by atoms with Crippen molar-refractivity contribution in [2.75, 3.05) is 26.2 Å². The first-order valence-electron chi connectivity index (χ1n) is 11.4. The Kier molecular flexibility index (Phi) is 8.77. The normalized spacial score (nSPS) is 20.8. The Bertz CT molecular complexity index is 668. The SMILES string of the molecule is CCNC(=NCCCCc1nc(C)cs1)NC1CCN(C(=O)C2CCCCC2)C1. The Morgan fingerprint density at radius 2 is 2.10 bits per heavy atom. The molecule has 0 radical (unpaired) electrons. The highest BCUT2D eigenvalue weighted by Crippen LogP contribution is 2.26. The van der Waals surface area contributed by atoms with E-state index >= 15 is 0 Å². The number of aromatic nitrogens is 1. The molecule has 1 aromatic heterocycles. The van der Waals surface area contributed by atoms with Gasteiger partial charge in [0.05, 0.1) is 5.01 Å². The second-order valence-corrected chi connectivity index (χ2v) is 9.29. The molecule has 1 unspecified atom stereocenters. The maximum atomic E-state index is 12.8. The largest absolute Gasteiger partial charge is 0.357 e. The monoisotopic (exact) mass is 419 g/mol. The molecule has 1 aromatic rings. The van der Waals surface area contributed by atoms with E-state index in [1.54, 1.807) is 11.3 Å². The molecule has 1 aliphatic carbocycles. The van der Waals surface area contributed by atoms with Gasteiger partial charge in [0, 0.05) is 49.2 Å². The van der Waals surface area contributed by atoms with Crippen molar-refractivity contribution in [3.8, 4) is 0 Å². The molecular weight excluding hydrogens is 382 g/mol. The molecule has 1 atom stereocenters. The van der Waals surface area contributed by atoms with E-state index in [4.69, 9.17) is 4.99 Å². The van der Waals surface area contributed by atoms with Crippen LogP contribution in [0.3, 0.4) is 0 Å². The van der Waals surface area contributed by atoms with E-state index in [-0.39, 0.29) is 5.92 Å². The van der Waals surface area contributed by atoms with Gasteiger partial charge in [0.1, 0.15) is 0 Å². The third-order valence-corrected chi connectivity index (χ3v) is 6.90. The Morgan fingerprint density at radius 1 is 1.28 bits per heavy atom. The Morgan fingerprint density at radius 3 is 2.83 bits per heavy atom. The maximum absolute atomic E-state index is 12.8. The maximum Gasteiger partial charge on any atom is 0.225 e. The molecule has 0 bridgehead atoms. The van der Waals surface area contributed by atoms with Crippen molar-refractivity contribution >= 4 is 23.2 Å². The zero-order valence-electron chi connectivity index (χ0n) is 18.1. The Balaban J connectivity index is 1.39. The number of rotatable bonds is 8. The summed E-state index contributed by atoms with van der Waals surface area (Å²) in [5.41, 5.74) is 1.12. The molecule has 2 fully saturated rings. The minimum Gasteiger partial charge on any atom is -0.357 e. The lowest BCUT2D eigenvalue weighted by molar-refractivity contribution is -0.135. The number of aliphatic imine (C=N–C) groups is 1. The van der Waals surface area contributed by atoms with Crippen molar-refractivity contribution in [2.45, 2.75) is 77.7 Å². The fraction of sp³-hybridized carbons (Fsp3) is 0.773. The van der Waals surface area contributed by atoms with Gasteiger partial charge in [-0.3, -0.25) is 9.79 Å². The first kappa shape index (κ1) is 22.1. The second-order valence-electron chi connectivity index (χ2n) is 8.35. The summed E-state index contributed by atoms with van der Waals surface area (Å²) < 4.78 is 0. The van der Waals surface area contributed by atoms with Crippen LogP contribution in [0.15, 0.2) is 10.4 Å².